The van der Waals surface area contributed by atoms with Crippen molar-refractivity contribution >= 4 is 40.5 Å². The molecular formula is C22H19ClN2O3S. The zero-order chi connectivity index (χ0) is 20.5. The van der Waals surface area contributed by atoms with E-state index in [1.807, 2.05) is 24.3 Å². The Morgan fingerprint density at radius 2 is 1.93 bits per heavy atom. The second-order valence-electron chi connectivity index (χ2n) is 7.06. The summed E-state index contributed by atoms with van der Waals surface area (Å²) in [5.41, 5.74) is 3.65. The molecule has 0 unspecified atom stereocenters. The number of benzene rings is 2. The molecule has 0 radical (unpaired) electrons. The quantitative estimate of drug-likeness (QED) is 0.331. The highest BCUT2D eigenvalue weighted by molar-refractivity contribution is 8.06. The van der Waals surface area contributed by atoms with Crippen molar-refractivity contribution in [3.63, 3.8) is 0 Å². The van der Waals surface area contributed by atoms with Crippen LogP contribution in [-0.2, 0) is 0 Å². The van der Waals surface area contributed by atoms with Gasteiger partial charge >= 0.3 is 0 Å². The first kappa shape index (κ1) is 19.7. The molecule has 0 fully saturated rings. The van der Waals surface area contributed by atoms with E-state index in [1.54, 1.807) is 30.8 Å². The minimum Gasteiger partial charge on any atom is -0.335 e. The number of nitro groups is 1. The van der Waals surface area contributed by atoms with E-state index < -0.39 is 4.92 Å². The molecule has 0 atom stereocenters. The molecule has 5 nitrogen and oxygen atoms in total. The molecule has 2 aliphatic rings. The molecule has 7 heteroatoms. The molecule has 0 saturated heterocycles. The number of nitro benzene ring substituents is 1. The number of halogens is 1. The SMILES string of the molecule is Cc1c(C(=O)C2=C3SC=C(c4ccc(Cl)cc4)N3CCCC2)cccc1[N+](=O)[O-]. The van der Waals surface area contributed by atoms with Crippen molar-refractivity contribution in [1.29, 1.82) is 0 Å². The van der Waals surface area contributed by atoms with Crippen LogP contribution in [0.2, 0.25) is 5.02 Å². The normalized spacial score (nSPS) is 16.3. The van der Waals surface area contributed by atoms with Gasteiger partial charge in [0.15, 0.2) is 5.78 Å². The summed E-state index contributed by atoms with van der Waals surface area (Å²) in [5, 5.41) is 15.0. The maximum atomic E-state index is 13.4. The second kappa shape index (κ2) is 8.05. The van der Waals surface area contributed by atoms with E-state index in [1.165, 1.54) is 6.07 Å². The van der Waals surface area contributed by atoms with Gasteiger partial charge in [-0.25, -0.2) is 0 Å². The molecule has 0 spiro atoms. The fourth-order valence-electron chi connectivity index (χ4n) is 3.77. The van der Waals surface area contributed by atoms with Crippen LogP contribution in [-0.4, -0.2) is 22.2 Å². The van der Waals surface area contributed by atoms with Crippen LogP contribution >= 0.6 is 23.4 Å². The van der Waals surface area contributed by atoms with Crippen LogP contribution in [0.25, 0.3) is 5.70 Å². The summed E-state index contributed by atoms with van der Waals surface area (Å²) in [6.07, 6.45) is 2.55. The Bertz CT molecular complexity index is 1060. The van der Waals surface area contributed by atoms with Crippen LogP contribution in [0.1, 0.15) is 40.7 Å². The molecule has 4 rings (SSSR count). The van der Waals surface area contributed by atoms with Gasteiger partial charge in [-0.05, 0) is 43.9 Å². The monoisotopic (exact) mass is 426 g/mol. The molecule has 2 aliphatic heterocycles. The summed E-state index contributed by atoms with van der Waals surface area (Å²) >= 11 is 7.57. The van der Waals surface area contributed by atoms with Gasteiger partial charge in [0.2, 0.25) is 0 Å². The molecule has 0 amide bonds. The summed E-state index contributed by atoms with van der Waals surface area (Å²) in [6.45, 7) is 2.48. The fourth-order valence-corrected chi connectivity index (χ4v) is 5.03. The Kier molecular flexibility index (Phi) is 5.48. The van der Waals surface area contributed by atoms with Crippen LogP contribution < -0.4 is 0 Å². The molecule has 0 aromatic heterocycles. The van der Waals surface area contributed by atoms with Crippen molar-refractivity contribution in [3.05, 3.63) is 90.3 Å². The first-order valence-electron chi connectivity index (χ1n) is 9.39. The smallest absolute Gasteiger partial charge is 0.273 e. The van der Waals surface area contributed by atoms with Crippen molar-refractivity contribution in [3.8, 4) is 0 Å². The summed E-state index contributed by atoms with van der Waals surface area (Å²) < 4.78 is 0. The first-order valence-corrected chi connectivity index (χ1v) is 10.7. The zero-order valence-corrected chi connectivity index (χ0v) is 17.4. The Balaban J connectivity index is 1.73. The zero-order valence-electron chi connectivity index (χ0n) is 15.9. The Labute approximate surface area is 178 Å². The highest BCUT2D eigenvalue weighted by Gasteiger charge is 2.31. The van der Waals surface area contributed by atoms with E-state index in [0.29, 0.717) is 22.6 Å². The Morgan fingerprint density at radius 1 is 1.17 bits per heavy atom. The standard InChI is InChI=1S/C22H19ClN2O3S/c1-14-17(6-4-7-19(14)25(27)28)21(26)18-5-2-3-12-24-20(13-29-22(18)24)15-8-10-16(23)11-9-15/h4,6-11,13H,2-3,5,12H2,1H3. The van der Waals surface area contributed by atoms with Crippen LogP contribution in [0.5, 0.6) is 0 Å². The molecular weight excluding hydrogens is 408 g/mol. The van der Waals surface area contributed by atoms with Crippen molar-refractivity contribution in [2.75, 3.05) is 6.54 Å². The van der Waals surface area contributed by atoms with Gasteiger partial charge in [0.25, 0.3) is 5.69 Å². The van der Waals surface area contributed by atoms with Crippen molar-refractivity contribution in [2.24, 2.45) is 0 Å². The third kappa shape index (κ3) is 3.70. The highest BCUT2D eigenvalue weighted by atomic mass is 35.5. The fraction of sp³-hybridized carbons (Fsp3) is 0.227. The topological polar surface area (TPSA) is 63.5 Å². The van der Waals surface area contributed by atoms with E-state index in [2.05, 4.69) is 10.3 Å². The van der Waals surface area contributed by atoms with E-state index in [0.717, 1.165) is 41.2 Å². The van der Waals surface area contributed by atoms with Crippen LogP contribution in [0, 0.1) is 17.0 Å². The minimum atomic E-state index is -0.437. The van der Waals surface area contributed by atoms with Crippen molar-refractivity contribution in [1.82, 2.24) is 4.90 Å². The van der Waals surface area contributed by atoms with Crippen LogP contribution in [0.3, 0.4) is 0 Å². The maximum absolute atomic E-state index is 13.4. The number of allylic oxidation sites excluding steroid dienone is 1. The first-order chi connectivity index (χ1) is 14.0. The summed E-state index contributed by atoms with van der Waals surface area (Å²) in [6, 6.07) is 12.4. The van der Waals surface area contributed by atoms with E-state index in [-0.39, 0.29) is 11.5 Å². The average Bonchev–Trinajstić information content (AvgIpc) is 3.00. The van der Waals surface area contributed by atoms with E-state index in [9.17, 15) is 14.9 Å². The molecule has 2 aromatic rings. The van der Waals surface area contributed by atoms with Crippen molar-refractivity contribution < 1.29 is 9.72 Å². The lowest BCUT2D eigenvalue weighted by molar-refractivity contribution is -0.385. The number of Topliss-reactive ketones (excluding diaryl/α,β-unsaturated/α-hetero) is 1. The molecule has 0 saturated carbocycles. The number of thioether (sulfide) groups is 1. The van der Waals surface area contributed by atoms with Gasteiger partial charge in [0.1, 0.15) is 0 Å². The van der Waals surface area contributed by atoms with Gasteiger partial charge in [-0.15, -0.1) is 0 Å². The number of ketones is 1. The second-order valence-corrected chi connectivity index (χ2v) is 8.35. The number of fused-ring (bicyclic) bond motifs is 1. The number of rotatable bonds is 4. The summed E-state index contributed by atoms with van der Waals surface area (Å²) in [7, 11) is 0. The Morgan fingerprint density at radius 3 is 2.66 bits per heavy atom. The van der Waals surface area contributed by atoms with Gasteiger partial charge in [-0.2, -0.15) is 0 Å². The number of hydrogen-bond acceptors (Lipinski definition) is 5. The van der Waals surface area contributed by atoms with Gasteiger partial charge in [-0.1, -0.05) is 47.6 Å². The predicted octanol–water partition coefficient (Wildman–Crippen LogP) is 6.18. The largest absolute Gasteiger partial charge is 0.335 e. The predicted molar refractivity (Wildman–Crippen MR) is 117 cm³/mol. The average molecular weight is 427 g/mol. The molecule has 0 bridgehead atoms. The third-order valence-corrected chi connectivity index (χ3v) is 6.58. The lowest BCUT2D eigenvalue weighted by Gasteiger charge is -2.23. The summed E-state index contributed by atoms with van der Waals surface area (Å²) in [5.74, 6) is -0.119. The van der Waals surface area contributed by atoms with Gasteiger partial charge in [-0.3, -0.25) is 14.9 Å². The maximum Gasteiger partial charge on any atom is 0.273 e. The molecule has 2 heterocycles. The van der Waals surface area contributed by atoms with E-state index >= 15 is 0 Å². The number of carbonyl (C=O) groups is 1. The van der Waals surface area contributed by atoms with Crippen LogP contribution in [0.4, 0.5) is 5.69 Å². The molecule has 2 aromatic carbocycles. The molecule has 0 N–H and O–H groups in total. The molecule has 0 aliphatic carbocycles. The Hall–Kier alpha value is -2.57. The number of carbonyl (C=O) groups excluding carboxylic acids is 1. The van der Waals surface area contributed by atoms with E-state index in [4.69, 9.17) is 11.6 Å². The van der Waals surface area contributed by atoms with Gasteiger partial charge in [0.05, 0.1) is 15.6 Å². The minimum absolute atomic E-state index is 0.0222. The van der Waals surface area contributed by atoms with Gasteiger partial charge in [0, 0.05) is 39.7 Å². The van der Waals surface area contributed by atoms with Gasteiger partial charge < -0.3 is 4.90 Å². The highest BCUT2D eigenvalue weighted by Crippen LogP contribution is 2.44. The number of nitrogens with zero attached hydrogens (tertiary/aromatic N) is 2. The molecule has 148 valence electrons. The molecule has 29 heavy (non-hydrogen) atoms. The van der Waals surface area contributed by atoms with Crippen LogP contribution in [0.15, 0.2) is 58.5 Å². The summed E-state index contributed by atoms with van der Waals surface area (Å²) in [4.78, 5) is 26.5. The van der Waals surface area contributed by atoms with Crippen molar-refractivity contribution in [2.45, 2.75) is 26.2 Å². The lowest BCUT2D eigenvalue weighted by atomic mass is 9.96. The third-order valence-electron chi connectivity index (χ3n) is 5.30. The lowest BCUT2D eigenvalue weighted by Crippen LogP contribution is -2.19. The number of hydrogen-bond donors (Lipinski definition) is 0.